The lowest BCUT2D eigenvalue weighted by Gasteiger charge is -2.17. The normalized spacial score (nSPS) is 11.4. The van der Waals surface area contributed by atoms with Crippen LogP contribution in [0, 0.1) is 15.5 Å². The Balaban J connectivity index is 3.03. The fraction of sp³-hybridized carbons (Fsp3) is 0.455. The second-order valence-corrected chi connectivity index (χ2v) is 4.89. The van der Waals surface area contributed by atoms with Gasteiger partial charge < -0.3 is 5.73 Å². The van der Waals surface area contributed by atoms with Crippen molar-refractivity contribution in [1.82, 2.24) is 0 Å². The number of nitrogens with zero attached hydrogens (tertiary/aromatic N) is 1. The second-order valence-electron chi connectivity index (χ2n) is 4.89. The van der Waals surface area contributed by atoms with E-state index in [1.54, 1.807) is 12.1 Å². The number of hydrogen-bond donors (Lipinski definition) is 1. The van der Waals surface area contributed by atoms with Gasteiger partial charge in [-0.25, -0.2) is 0 Å². The first-order valence-electron chi connectivity index (χ1n) is 4.82. The first kappa shape index (κ1) is 11.5. The van der Waals surface area contributed by atoms with Gasteiger partial charge in [0.2, 0.25) is 0 Å². The van der Waals surface area contributed by atoms with Crippen molar-refractivity contribution in [2.75, 3.05) is 5.73 Å². The van der Waals surface area contributed by atoms with Gasteiger partial charge in [0.25, 0.3) is 5.69 Å². The van der Waals surface area contributed by atoms with Crippen LogP contribution in [0.2, 0.25) is 0 Å². The highest BCUT2D eigenvalue weighted by molar-refractivity contribution is 5.59. The molecule has 1 rings (SSSR count). The summed E-state index contributed by atoms with van der Waals surface area (Å²) in [5, 5.41) is 10.7. The fourth-order valence-electron chi connectivity index (χ4n) is 1.47. The highest BCUT2D eigenvalue weighted by Crippen LogP contribution is 2.26. The van der Waals surface area contributed by atoms with Crippen LogP contribution in [0.15, 0.2) is 18.2 Å². The summed E-state index contributed by atoms with van der Waals surface area (Å²) < 4.78 is 0. The Morgan fingerprint density at radius 2 is 2.00 bits per heavy atom. The summed E-state index contributed by atoms with van der Waals surface area (Å²) in [6.07, 6.45) is 0.800. The summed E-state index contributed by atoms with van der Waals surface area (Å²) in [4.78, 5) is 10.2. The molecule has 0 unspecified atom stereocenters. The van der Waals surface area contributed by atoms with Gasteiger partial charge in [0.05, 0.1) is 4.92 Å². The minimum atomic E-state index is -0.443. The monoisotopic (exact) mass is 208 g/mol. The topological polar surface area (TPSA) is 69.2 Å². The summed E-state index contributed by atoms with van der Waals surface area (Å²) in [7, 11) is 0. The Hall–Kier alpha value is -1.58. The number of nitrogen functional groups attached to an aromatic ring is 1. The number of nitrogens with two attached hydrogens (primary N) is 1. The molecular weight excluding hydrogens is 192 g/mol. The van der Waals surface area contributed by atoms with Crippen LogP contribution in [-0.2, 0) is 6.42 Å². The predicted octanol–water partition coefficient (Wildman–Crippen LogP) is 2.77. The zero-order chi connectivity index (χ0) is 11.6. The quantitative estimate of drug-likeness (QED) is 0.461. The van der Waals surface area contributed by atoms with Gasteiger partial charge in [0.1, 0.15) is 5.69 Å². The third-order valence-electron chi connectivity index (χ3n) is 2.03. The largest absolute Gasteiger partial charge is 0.393 e. The molecular formula is C11H16N2O2. The molecule has 0 spiro atoms. The molecule has 1 aromatic rings. The Morgan fingerprint density at radius 1 is 1.40 bits per heavy atom. The first-order chi connectivity index (χ1) is 6.79. The molecule has 1 aromatic carbocycles. The predicted molar refractivity (Wildman–Crippen MR) is 60.7 cm³/mol. The zero-order valence-corrected chi connectivity index (χ0v) is 9.28. The van der Waals surface area contributed by atoms with E-state index < -0.39 is 4.92 Å². The van der Waals surface area contributed by atoms with E-state index in [4.69, 9.17) is 5.73 Å². The molecule has 2 N–H and O–H groups in total. The summed E-state index contributed by atoms with van der Waals surface area (Å²) >= 11 is 0. The van der Waals surface area contributed by atoms with Crippen molar-refractivity contribution in [1.29, 1.82) is 0 Å². The average Bonchev–Trinajstić information content (AvgIpc) is 2.05. The lowest BCUT2D eigenvalue weighted by Crippen LogP contribution is -2.09. The number of rotatable bonds is 2. The van der Waals surface area contributed by atoms with Gasteiger partial charge in [0.15, 0.2) is 0 Å². The molecule has 0 heterocycles. The van der Waals surface area contributed by atoms with Gasteiger partial charge in [-0.15, -0.1) is 0 Å². The van der Waals surface area contributed by atoms with E-state index in [1.165, 1.54) is 0 Å². The van der Waals surface area contributed by atoms with Gasteiger partial charge in [-0.05, 0) is 23.5 Å². The molecule has 0 aliphatic carbocycles. The molecule has 0 fully saturated rings. The molecule has 15 heavy (non-hydrogen) atoms. The van der Waals surface area contributed by atoms with Crippen LogP contribution in [0.1, 0.15) is 26.3 Å². The molecule has 0 amide bonds. The van der Waals surface area contributed by atoms with E-state index in [9.17, 15) is 10.1 Å². The van der Waals surface area contributed by atoms with Crippen LogP contribution in [0.5, 0.6) is 0 Å². The molecule has 0 bridgehead atoms. The molecule has 0 aliphatic rings. The van der Waals surface area contributed by atoms with Gasteiger partial charge in [-0.2, -0.15) is 0 Å². The van der Waals surface area contributed by atoms with Gasteiger partial charge >= 0.3 is 0 Å². The van der Waals surface area contributed by atoms with Gasteiger partial charge in [-0.3, -0.25) is 10.1 Å². The maximum absolute atomic E-state index is 10.7. The van der Waals surface area contributed by atoms with Crippen LogP contribution < -0.4 is 5.73 Å². The smallest absolute Gasteiger partial charge is 0.292 e. The number of hydrogen-bond acceptors (Lipinski definition) is 3. The maximum Gasteiger partial charge on any atom is 0.292 e. The minimum absolute atomic E-state index is 0.00301. The van der Waals surface area contributed by atoms with Gasteiger partial charge in [0, 0.05) is 6.07 Å². The summed E-state index contributed by atoms with van der Waals surface area (Å²) in [6.45, 7) is 6.28. The zero-order valence-electron chi connectivity index (χ0n) is 9.28. The highest BCUT2D eigenvalue weighted by atomic mass is 16.6. The molecule has 4 nitrogen and oxygen atoms in total. The number of anilines is 1. The second kappa shape index (κ2) is 3.88. The van der Waals surface area contributed by atoms with Crippen molar-refractivity contribution in [3.8, 4) is 0 Å². The first-order valence-corrected chi connectivity index (χ1v) is 4.82. The van der Waals surface area contributed by atoms with Crippen molar-refractivity contribution in [3.05, 3.63) is 33.9 Å². The Labute approximate surface area is 89.2 Å². The maximum atomic E-state index is 10.7. The van der Waals surface area contributed by atoms with Gasteiger partial charge in [-0.1, -0.05) is 26.8 Å². The highest BCUT2D eigenvalue weighted by Gasteiger charge is 2.16. The van der Waals surface area contributed by atoms with Crippen molar-refractivity contribution < 1.29 is 4.92 Å². The van der Waals surface area contributed by atoms with Crippen LogP contribution in [-0.4, -0.2) is 4.92 Å². The lowest BCUT2D eigenvalue weighted by molar-refractivity contribution is -0.384. The number of nitro groups is 1. The third-order valence-corrected chi connectivity index (χ3v) is 2.03. The Bertz CT molecular complexity index is 381. The Morgan fingerprint density at radius 3 is 2.47 bits per heavy atom. The molecule has 0 saturated heterocycles. The van der Waals surface area contributed by atoms with Crippen LogP contribution in [0.3, 0.4) is 0 Å². The molecule has 0 atom stereocenters. The van der Waals surface area contributed by atoms with E-state index in [-0.39, 0.29) is 16.8 Å². The SMILES string of the molecule is CC(C)(C)Cc1ccc(N)c([N+](=O)[O-])c1. The minimum Gasteiger partial charge on any atom is -0.393 e. The fourth-order valence-corrected chi connectivity index (χ4v) is 1.47. The molecule has 0 radical (unpaired) electrons. The van der Waals surface area contributed by atoms with Crippen LogP contribution >= 0.6 is 0 Å². The van der Waals surface area contributed by atoms with Crippen molar-refractivity contribution >= 4 is 11.4 Å². The average molecular weight is 208 g/mol. The van der Waals surface area contributed by atoms with E-state index in [2.05, 4.69) is 20.8 Å². The summed E-state index contributed by atoms with van der Waals surface area (Å²) in [6, 6.07) is 4.99. The van der Waals surface area contributed by atoms with E-state index in [1.807, 2.05) is 6.07 Å². The van der Waals surface area contributed by atoms with Crippen molar-refractivity contribution in [2.24, 2.45) is 5.41 Å². The molecule has 82 valence electrons. The van der Waals surface area contributed by atoms with E-state index in [0.717, 1.165) is 12.0 Å². The molecule has 0 saturated carbocycles. The molecule has 4 heteroatoms. The van der Waals surface area contributed by atoms with Crippen molar-refractivity contribution in [3.63, 3.8) is 0 Å². The molecule has 0 aliphatic heterocycles. The Kier molecular flexibility index (Phi) is 2.98. The number of nitro benzene ring substituents is 1. The standard InChI is InChI=1S/C11H16N2O2/c1-11(2,3)7-8-4-5-9(12)10(6-8)13(14)15/h4-6H,7,12H2,1-3H3. The molecule has 0 aromatic heterocycles. The van der Waals surface area contributed by atoms with E-state index >= 15 is 0 Å². The van der Waals surface area contributed by atoms with Crippen LogP contribution in [0.25, 0.3) is 0 Å². The number of benzene rings is 1. The summed E-state index contributed by atoms with van der Waals surface area (Å²) in [5.41, 5.74) is 6.79. The van der Waals surface area contributed by atoms with E-state index in [0.29, 0.717) is 0 Å². The summed E-state index contributed by atoms with van der Waals surface area (Å²) in [5.74, 6) is 0. The van der Waals surface area contributed by atoms with Crippen LogP contribution in [0.4, 0.5) is 11.4 Å². The lowest BCUT2D eigenvalue weighted by atomic mass is 9.88. The van der Waals surface area contributed by atoms with Crippen molar-refractivity contribution in [2.45, 2.75) is 27.2 Å². The third kappa shape index (κ3) is 3.23.